The maximum Gasteiger partial charge on any atom is 0.257 e. The smallest absolute Gasteiger partial charge is 0.257 e. The number of rotatable bonds is 4. The highest BCUT2D eigenvalue weighted by Crippen LogP contribution is 2.41. The highest BCUT2D eigenvalue weighted by molar-refractivity contribution is 5.95. The Morgan fingerprint density at radius 2 is 2.14 bits per heavy atom. The number of likely N-dealkylation sites (tertiary alicyclic amines) is 1. The fraction of sp³-hybridized carbons (Fsp3) is 0.750. The van der Waals surface area contributed by atoms with Crippen molar-refractivity contribution in [2.45, 2.75) is 44.4 Å². The third-order valence-electron chi connectivity index (χ3n) is 4.72. The van der Waals surface area contributed by atoms with E-state index in [1.54, 1.807) is 4.68 Å². The molecule has 1 atom stereocenters. The van der Waals surface area contributed by atoms with Gasteiger partial charge in [-0.1, -0.05) is 0 Å². The topological polar surface area (TPSA) is 58.4 Å². The van der Waals surface area contributed by atoms with E-state index < -0.39 is 0 Å². The van der Waals surface area contributed by atoms with Crippen LogP contribution in [-0.4, -0.2) is 45.4 Å². The SMILES string of the molecule is Cn1cc(C(=O)N2CCCC(CCO)CC2)c(C2CC2)n1. The fourth-order valence-electron chi connectivity index (χ4n) is 3.34. The van der Waals surface area contributed by atoms with Crippen molar-refractivity contribution in [1.29, 1.82) is 0 Å². The summed E-state index contributed by atoms with van der Waals surface area (Å²) in [4.78, 5) is 14.8. The van der Waals surface area contributed by atoms with E-state index in [4.69, 9.17) is 5.11 Å². The molecule has 5 nitrogen and oxygen atoms in total. The summed E-state index contributed by atoms with van der Waals surface area (Å²) in [5.74, 6) is 1.21. The lowest BCUT2D eigenvalue weighted by atomic mass is 9.98. The van der Waals surface area contributed by atoms with Crippen molar-refractivity contribution in [2.75, 3.05) is 19.7 Å². The number of aryl methyl sites for hydroxylation is 1. The van der Waals surface area contributed by atoms with Crippen molar-refractivity contribution >= 4 is 5.91 Å². The zero-order valence-electron chi connectivity index (χ0n) is 12.8. The van der Waals surface area contributed by atoms with E-state index in [9.17, 15) is 4.79 Å². The van der Waals surface area contributed by atoms with Crippen molar-refractivity contribution in [3.8, 4) is 0 Å². The normalized spacial score (nSPS) is 23.1. The largest absolute Gasteiger partial charge is 0.396 e. The molecule has 2 fully saturated rings. The van der Waals surface area contributed by atoms with Crippen LogP contribution in [0.5, 0.6) is 0 Å². The van der Waals surface area contributed by atoms with Crippen LogP contribution in [-0.2, 0) is 7.05 Å². The Bertz CT molecular complexity index is 508. The highest BCUT2D eigenvalue weighted by Gasteiger charge is 2.33. The maximum absolute atomic E-state index is 12.8. The molecule has 1 N–H and O–H groups in total. The van der Waals surface area contributed by atoms with Gasteiger partial charge in [0.15, 0.2) is 0 Å². The third kappa shape index (κ3) is 3.28. The molecule has 21 heavy (non-hydrogen) atoms. The Morgan fingerprint density at radius 1 is 1.33 bits per heavy atom. The molecule has 1 saturated heterocycles. The lowest BCUT2D eigenvalue weighted by Crippen LogP contribution is -2.32. The third-order valence-corrected chi connectivity index (χ3v) is 4.72. The van der Waals surface area contributed by atoms with Gasteiger partial charge in [0.25, 0.3) is 5.91 Å². The minimum atomic E-state index is 0.148. The summed E-state index contributed by atoms with van der Waals surface area (Å²) >= 11 is 0. The molecule has 5 heteroatoms. The second kappa shape index (κ2) is 6.18. The second-order valence-electron chi connectivity index (χ2n) is 6.48. The first-order chi connectivity index (χ1) is 10.2. The van der Waals surface area contributed by atoms with Crippen molar-refractivity contribution in [2.24, 2.45) is 13.0 Å². The molecule has 0 bridgehead atoms. The molecule has 1 aromatic rings. The summed E-state index contributed by atoms with van der Waals surface area (Å²) in [5, 5.41) is 13.6. The number of aromatic nitrogens is 2. The zero-order chi connectivity index (χ0) is 14.8. The molecule has 0 spiro atoms. The van der Waals surface area contributed by atoms with Gasteiger partial charge in [-0.2, -0.15) is 5.10 Å². The van der Waals surface area contributed by atoms with E-state index in [0.29, 0.717) is 11.8 Å². The molecule has 1 aliphatic heterocycles. The monoisotopic (exact) mass is 291 g/mol. The minimum Gasteiger partial charge on any atom is -0.396 e. The number of hydrogen-bond acceptors (Lipinski definition) is 3. The molecule has 1 aromatic heterocycles. The first-order valence-corrected chi connectivity index (χ1v) is 8.12. The van der Waals surface area contributed by atoms with E-state index in [1.165, 1.54) is 0 Å². The maximum atomic E-state index is 12.8. The van der Waals surface area contributed by atoms with Gasteiger partial charge in [-0.25, -0.2) is 0 Å². The van der Waals surface area contributed by atoms with E-state index in [2.05, 4.69) is 5.10 Å². The molecule has 1 amide bonds. The summed E-state index contributed by atoms with van der Waals surface area (Å²) in [6.07, 6.45) is 8.23. The Morgan fingerprint density at radius 3 is 2.86 bits per heavy atom. The van der Waals surface area contributed by atoms with E-state index in [-0.39, 0.29) is 12.5 Å². The Hall–Kier alpha value is -1.36. The molecular weight excluding hydrogens is 266 g/mol. The summed E-state index contributed by atoms with van der Waals surface area (Å²) in [7, 11) is 1.89. The Kier molecular flexibility index (Phi) is 4.29. The second-order valence-corrected chi connectivity index (χ2v) is 6.48. The van der Waals surface area contributed by atoms with Crippen LogP contribution in [0.2, 0.25) is 0 Å². The number of carbonyl (C=O) groups excluding carboxylic acids is 1. The summed E-state index contributed by atoms with van der Waals surface area (Å²) < 4.78 is 1.77. The van der Waals surface area contributed by atoms with Crippen LogP contribution in [0.3, 0.4) is 0 Å². The van der Waals surface area contributed by atoms with Crippen LogP contribution >= 0.6 is 0 Å². The van der Waals surface area contributed by atoms with Gasteiger partial charge in [-0.15, -0.1) is 0 Å². The molecule has 1 unspecified atom stereocenters. The standard InChI is InChI=1S/C16H25N3O2/c1-18-11-14(15(17-18)13-4-5-13)16(21)19-8-2-3-12(6-9-19)7-10-20/h11-13,20H,2-10H2,1H3. The molecule has 2 aliphatic rings. The summed E-state index contributed by atoms with van der Waals surface area (Å²) in [5.41, 5.74) is 1.80. The van der Waals surface area contributed by atoms with Gasteiger partial charge in [0.05, 0.1) is 11.3 Å². The first-order valence-electron chi connectivity index (χ1n) is 8.12. The number of aliphatic hydroxyl groups excluding tert-OH is 1. The van der Waals surface area contributed by atoms with Crippen LogP contribution in [0.25, 0.3) is 0 Å². The zero-order valence-corrected chi connectivity index (χ0v) is 12.8. The van der Waals surface area contributed by atoms with E-state index in [0.717, 1.165) is 62.9 Å². The van der Waals surface area contributed by atoms with Crippen LogP contribution in [0.1, 0.15) is 60.5 Å². The molecule has 0 aromatic carbocycles. The van der Waals surface area contributed by atoms with Gasteiger partial charge < -0.3 is 10.0 Å². The number of nitrogens with zero attached hydrogens (tertiary/aromatic N) is 3. The van der Waals surface area contributed by atoms with Crippen LogP contribution < -0.4 is 0 Å². The number of amides is 1. The average Bonchev–Trinajstić information content (AvgIpc) is 3.26. The van der Waals surface area contributed by atoms with Gasteiger partial charge in [0.1, 0.15) is 0 Å². The van der Waals surface area contributed by atoms with Crippen molar-refractivity contribution in [3.05, 3.63) is 17.5 Å². The van der Waals surface area contributed by atoms with E-state index in [1.807, 2.05) is 18.1 Å². The number of hydrogen-bond donors (Lipinski definition) is 1. The van der Waals surface area contributed by atoms with Gasteiger partial charge in [0, 0.05) is 38.9 Å². The Balaban J connectivity index is 1.70. The van der Waals surface area contributed by atoms with Gasteiger partial charge in [-0.05, 0) is 44.4 Å². The number of carbonyl (C=O) groups is 1. The average molecular weight is 291 g/mol. The fourth-order valence-corrected chi connectivity index (χ4v) is 3.34. The molecule has 3 rings (SSSR count). The molecule has 0 radical (unpaired) electrons. The molecule has 1 saturated carbocycles. The van der Waals surface area contributed by atoms with Gasteiger partial charge in [0.2, 0.25) is 0 Å². The van der Waals surface area contributed by atoms with Crippen LogP contribution in [0, 0.1) is 5.92 Å². The van der Waals surface area contributed by atoms with Crippen LogP contribution in [0.15, 0.2) is 6.20 Å². The summed E-state index contributed by atoms with van der Waals surface area (Å²) in [6, 6.07) is 0. The lowest BCUT2D eigenvalue weighted by molar-refractivity contribution is 0.0758. The quantitative estimate of drug-likeness (QED) is 0.922. The highest BCUT2D eigenvalue weighted by atomic mass is 16.3. The molecule has 2 heterocycles. The van der Waals surface area contributed by atoms with E-state index >= 15 is 0 Å². The minimum absolute atomic E-state index is 0.148. The number of aliphatic hydroxyl groups is 1. The first kappa shape index (κ1) is 14.6. The van der Waals surface area contributed by atoms with Gasteiger partial charge >= 0.3 is 0 Å². The molecule has 116 valence electrons. The van der Waals surface area contributed by atoms with Crippen LogP contribution in [0.4, 0.5) is 0 Å². The van der Waals surface area contributed by atoms with Crippen molar-refractivity contribution < 1.29 is 9.90 Å². The Labute approximate surface area is 125 Å². The molecule has 1 aliphatic carbocycles. The van der Waals surface area contributed by atoms with Gasteiger partial charge in [-0.3, -0.25) is 9.48 Å². The predicted molar refractivity (Wildman–Crippen MR) is 80.1 cm³/mol. The van der Waals surface area contributed by atoms with Crippen molar-refractivity contribution in [3.63, 3.8) is 0 Å². The van der Waals surface area contributed by atoms with Crippen molar-refractivity contribution in [1.82, 2.24) is 14.7 Å². The predicted octanol–water partition coefficient (Wildman–Crippen LogP) is 1.92. The summed E-state index contributed by atoms with van der Waals surface area (Å²) in [6.45, 7) is 1.90. The lowest BCUT2D eigenvalue weighted by Gasteiger charge is -2.20. The molecular formula is C16H25N3O2.